The van der Waals surface area contributed by atoms with E-state index < -0.39 is 0 Å². The quantitative estimate of drug-likeness (QED) is 0.236. The molecule has 2 heterocycles. The minimum absolute atomic E-state index is 0. The van der Waals surface area contributed by atoms with Crippen LogP contribution >= 0.6 is 11.8 Å². The average molecular weight is 566 g/mol. The van der Waals surface area contributed by atoms with E-state index >= 15 is 0 Å². The van der Waals surface area contributed by atoms with Gasteiger partial charge in [0.2, 0.25) is 0 Å². The predicted molar refractivity (Wildman–Crippen MR) is 108 cm³/mol. The topological polar surface area (TPSA) is 25.8 Å². The van der Waals surface area contributed by atoms with Crippen LogP contribution in [0.3, 0.4) is 0 Å². The van der Waals surface area contributed by atoms with Crippen LogP contribution in [0.25, 0.3) is 22.6 Å². The minimum atomic E-state index is 0. The van der Waals surface area contributed by atoms with E-state index in [4.69, 9.17) is 17.6 Å². The van der Waals surface area contributed by atoms with Gasteiger partial charge in [0, 0.05) is 6.20 Å². The molecule has 4 rings (SSSR count). The molecule has 0 aliphatic rings. The molecule has 4 aromatic rings. The van der Waals surface area contributed by atoms with Gasteiger partial charge in [0.25, 0.3) is 0 Å². The summed E-state index contributed by atoms with van der Waals surface area (Å²) >= 11 is 7.02. The number of benzene rings is 2. The third kappa shape index (κ3) is 4.84. The Bertz CT molecular complexity index is 1040. The van der Waals surface area contributed by atoms with Gasteiger partial charge in [-0.15, -0.1) is 41.6 Å². The summed E-state index contributed by atoms with van der Waals surface area (Å²) in [5.74, 6) is 0. The van der Waals surface area contributed by atoms with Crippen molar-refractivity contribution in [2.45, 2.75) is 14.7 Å². The molecule has 2 aromatic carbocycles. The first-order valence-corrected chi connectivity index (χ1v) is 9.37. The van der Waals surface area contributed by atoms with Gasteiger partial charge in [0.05, 0.1) is 11.4 Å². The Labute approximate surface area is 183 Å². The third-order valence-electron chi connectivity index (χ3n) is 3.79. The Morgan fingerprint density at radius 3 is 2.30 bits per heavy atom. The molecule has 0 amide bonds. The van der Waals surface area contributed by atoms with Crippen LogP contribution in [0.15, 0.2) is 99.7 Å². The Morgan fingerprint density at radius 1 is 0.741 bits per heavy atom. The van der Waals surface area contributed by atoms with Gasteiger partial charge in [-0.3, -0.25) is 9.97 Å². The standard InChI is InChI=1S/C22H15N2S2.Pt/c25-21-12-1-2-13-22(21)26-17-8-5-7-16(15-17)18-10-6-11-20(24-18)19-9-3-4-14-23-19;/h1-14,25H;/q-1;+2/p-1. The fourth-order valence-corrected chi connectivity index (χ4v) is 3.68. The number of rotatable bonds is 4. The number of hydrogen-bond acceptors (Lipinski definition) is 4. The summed E-state index contributed by atoms with van der Waals surface area (Å²) in [6.07, 6.45) is 1.78. The molecule has 0 aliphatic heterocycles. The maximum absolute atomic E-state index is 5.39. The van der Waals surface area contributed by atoms with Crippen molar-refractivity contribution in [2.75, 3.05) is 0 Å². The molecule has 0 radical (unpaired) electrons. The molecule has 0 N–H and O–H groups in total. The molecule has 0 saturated heterocycles. The van der Waals surface area contributed by atoms with Crippen molar-refractivity contribution >= 4 is 24.4 Å². The van der Waals surface area contributed by atoms with Crippen LogP contribution in [-0.2, 0) is 33.7 Å². The van der Waals surface area contributed by atoms with Crippen LogP contribution in [0.1, 0.15) is 0 Å². The molecule has 27 heavy (non-hydrogen) atoms. The number of hydrogen-bond donors (Lipinski definition) is 0. The minimum Gasteiger partial charge on any atom is -0.779 e. The first kappa shape index (κ1) is 19.8. The molecule has 0 fully saturated rings. The van der Waals surface area contributed by atoms with E-state index in [2.05, 4.69) is 11.1 Å². The van der Waals surface area contributed by atoms with Gasteiger partial charge in [0.1, 0.15) is 0 Å². The second-order valence-electron chi connectivity index (χ2n) is 5.60. The normalized spacial score (nSPS) is 10.2. The van der Waals surface area contributed by atoms with Crippen molar-refractivity contribution in [2.24, 2.45) is 0 Å². The van der Waals surface area contributed by atoms with E-state index in [9.17, 15) is 0 Å². The van der Waals surface area contributed by atoms with E-state index in [1.807, 2.05) is 78.9 Å². The van der Waals surface area contributed by atoms with E-state index in [1.54, 1.807) is 18.0 Å². The summed E-state index contributed by atoms with van der Waals surface area (Å²) in [7, 11) is 0. The summed E-state index contributed by atoms with van der Waals surface area (Å²) in [6.45, 7) is 0. The van der Waals surface area contributed by atoms with Gasteiger partial charge >= 0.3 is 21.1 Å². The van der Waals surface area contributed by atoms with Crippen LogP contribution in [0.4, 0.5) is 0 Å². The average Bonchev–Trinajstić information content (AvgIpc) is 2.71. The van der Waals surface area contributed by atoms with Crippen molar-refractivity contribution in [1.82, 2.24) is 9.97 Å². The fraction of sp³-hybridized carbons (Fsp3) is 0. The first-order chi connectivity index (χ1) is 12.8. The molecular formula is C22H14N2PtS2. The monoisotopic (exact) mass is 565 g/mol. The van der Waals surface area contributed by atoms with E-state index in [0.29, 0.717) is 0 Å². The first-order valence-electron chi connectivity index (χ1n) is 8.15. The van der Waals surface area contributed by atoms with Crippen molar-refractivity contribution in [3.05, 3.63) is 91.1 Å². The maximum atomic E-state index is 5.39. The summed E-state index contributed by atoms with van der Waals surface area (Å²) < 4.78 is 0. The Hall–Kier alpha value is -2.00. The van der Waals surface area contributed by atoms with Gasteiger partial charge < -0.3 is 12.6 Å². The van der Waals surface area contributed by atoms with Crippen LogP contribution in [0.5, 0.6) is 0 Å². The SMILES string of the molecule is [Pt+2].[S-]c1ccccc1Sc1[c-]c(-c2cccc(-c3ccccn3)n2)ccc1. The fourth-order valence-electron chi connectivity index (χ4n) is 2.55. The van der Waals surface area contributed by atoms with Crippen LogP contribution in [-0.4, -0.2) is 9.97 Å². The molecule has 2 nitrogen and oxygen atoms in total. The smallest absolute Gasteiger partial charge is 0.779 e. The van der Waals surface area contributed by atoms with Crippen molar-refractivity contribution in [3.63, 3.8) is 0 Å². The molecule has 0 saturated carbocycles. The van der Waals surface area contributed by atoms with Crippen LogP contribution in [0.2, 0.25) is 0 Å². The van der Waals surface area contributed by atoms with Gasteiger partial charge in [-0.2, -0.15) is 4.90 Å². The number of pyridine rings is 2. The molecule has 0 bridgehead atoms. The largest absolute Gasteiger partial charge is 2.00 e. The molecule has 0 aliphatic carbocycles. The van der Waals surface area contributed by atoms with Crippen molar-refractivity contribution < 1.29 is 21.1 Å². The molecule has 0 unspecified atom stereocenters. The van der Waals surface area contributed by atoms with E-state index in [1.165, 1.54) is 0 Å². The second-order valence-corrected chi connectivity index (χ2v) is 7.12. The summed E-state index contributed by atoms with van der Waals surface area (Å²) in [6, 6.07) is 29.3. The van der Waals surface area contributed by atoms with E-state index in [0.717, 1.165) is 37.3 Å². The molecule has 0 spiro atoms. The maximum Gasteiger partial charge on any atom is 2.00 e. The Kier molecular flexibility index (Phi) is 6.78. The molecule has 0 atom stereocenters. The zero-order valence-corrected chi connectivity index (χ0v) is 18.0. The zero-order chi connectivity index (χ0) is 17.8. The Morgan fingerprint density at radius 2 is 1.48 bits per heavy atom. The second kappa shape index (κ2) is 9.27. The molecule has 134 valence electrons. The number of nitrogens with zero attached hydrogens (tertiary/aromatic N) is 2. The van der Waals surface area contributed by atoms with Crippen molar-refractivity contribution in [3.8, 4) is 22.6 Å². The third-order valence-corrected chi connectivity index (χ3v) is 5.31. The summed E-state index contributed by atoms with van der Waals surface area (Å²) in [4.78, 5) is 12.1. The van der Waals surface area contributed by atoms with Crippen molar-refractivity contribution in [1.29, 1.82) is 0 Å². The van der Waals surface area contributed by atoms with Gasteiger partial charge in [-0.1, -0.05) is 41.3 Å². The number of aromatic nitrogens is 2. The predicted octanol–water partition coefficient (Wildman–Crippen LogP) is 5.67. The van der Waals surface area contributed by atoms with Gasteiger partial charge in [-0.05, 0) is 34.9 Å². The molecule has 5 heteroatoms. The zero-order valence-electron chi connectivity index (χ0n) is 14.1. The van der Waals surface area contributed by atoms with Gasteiger partial charge in [-0.25, -0.2) is 0 Å². The summed E-state index contributed by atoms with van der Waals surface area (Å²) in [5.41, 5.74) is 3.54. The van der Waals surface area contributed by atoms with Gasteiger partial charge in [0.15, 0.2) is 0 Å². The van der Waals surface area contributed by atoms with Crippen LogP contribution < -0.4 is 0 Å². The molecule has 2 aromatic heterocycles. The Balaban J connectivity index is 0.00000210. The van der Waals surface area contributed by atoms with E-state index in [-0.39, 0.29) is 21.1 Å². The summed E-state index contributed by atoms with van der Waals surface area (Å²) in [5, 5.41) is 0. The van der Waals surface area contributed by atoms with Crippen LogP contribution in [0, 0.1) is 6.07 Å². The molecular weight excluding hydrogens is 551 g/mol.